The van der Waals surface area contributed by atoms with Crippen LogP contribution in [-0.4, -0.2) is 38.6 Å². The van der Waals surface area contributed by atoms with E-state index < -0.39 is 11.5 Å². The number of carboxylic acid groups (broad SMARTS) is 1. The first kappa shape index (κ1) is 16.6. The number of piperidine rings is 1. The minimum atomic E-state index is -0.886. The standard InChI is InChI=1S/C20H21N3O3/c24-19(25)20(23-11-8-21-15-23)6-9-22(10-7-20)14-16-3-1-4-17(13-16)18-5-2-12-26-18/h1-5,8,11-13,15H,6-7,9-10,14H2,(H,24,25). The van der Waals surface area contributed by atoms with Gasteiger partial charge in [0.2, 0.25) is 0 Å². The Kier molecular flexibility index (Phi) is 4.34. The van der Waals surface area contributed by atoms with Crippen LogP contribution in [0.5, 0.6) is 0 Å². The van der Waals surface area contributed by atoms with Crippen molar-refractivity contribution in [2.24, 2.45) is 0 Å². The maximum absolute atomic E-state index is 11.9. The molecule has 0 unspecified atom stereocenters. The second-order valence-electron chi connectivity index (χ2n) is 6.76. The molecule has 3 heterocycles. The maximum atomic E-state index is 11.9. The molecule has 6 heteroatoms. The third-order valence-electron chi connectivity index (χ3n) is 5.22. The molecule has 1 N–H and O–H groups in total. The normalized spacial score (nSPS) is 17.2. The first-order valence-electron chi connectivity index (χ1n) is 8.74. The van der Waals surface area contributed by atoms with Crippen molar-refractivity contribution in [1.29, 1.82) is 0 Å². The van der Waals surface area contributed by atoms with E-state index in [9.17, 15) is 9.90 Å². The van der Waals surface area contributed by atoms with E-state index in [0.29, 0.717) is 12.8 Å². The SMILES string of the molecule is O=C(O)C1(n2ccnc2)CCN(Cc2cccc(-c3ccco3)c2)CC1. The Balaban J connectivity index is 1.46. The maximum Gasteiger partial charge on any atom is 0.330 e. The molecule has 3 aromatic rings. The van der Waals surface area contributed by atoms with Crippen LogP contribution in [0.2, 0.25) is 0 Å². The van der Waals surface area contributed by atoms with Gasteiger partial charge in [-0.15, -0.1) is 0 Å². The number of carbonyl (C=O) groups is 1. The van der Waals surface area contributed by atoms with Gasteiger partial charge in [-0.2, -0.15) is 0 Å². The van der Waals surface area contributed by atoms with Gasteiger partial charge in [-0.1, -0.05) is 18.2 Å². The van der Waals surface area contributed by atoms with Gasteiger partial charge < -0.3 is 14.1 Å². The molecule has 1 fully saturated rings. The van der Waals surface area contributed by atoms with Crippen molar-refractivity contribution in [3.8, 4) is 11.3 Å². The lowest BCUT2D eigenvalue weighted by Crippen LogP contribution is -2.50. The van der Waals surface area contributed by atoms with Gasteiger partial charge in [-0.05, 0) is 36.6 Å². The lowest BCUT2D eigenvalue weighted by molar-refractivity contribution is -0.150. The molecule has 0 amide bonds. The number of nitrogens with zero attached hydrogens (tertiary/aromatic N) is 3. The van der Waals surface area contributed by atoms with Crippen LogP contribution >= 0.6 is 0 Å². The van der Waals surface area contributed by atoms with Crippen molar-refractivity contribution in [2.45, 2.75) is 24.9 Å². The highest BCUT2D eigenvalue weighted by molar-refractivity contribution is 5.77. The Labute approximate surface area is 151 Å². The fourth-order valence-corrected chi connectivity index (χ4v) is 3.70. The molecule has 0 aliphatic carbocycles. The Morgan fingerprint density at radius 2 is 2.08 bits per heavy atom. The van der Waals surface area contributed by atoms with Gasteiger partial charge in [0.05, 0.1) is 12.6 Å². The van der Waals surface area contributed by atoms with Crippen molar-refractivity contribution >= 4 is 5.97 Å². The number of carboxylic acids is 1. The average Bonchev–Trinajstić information content (AvgIpc) is 3.37. The zero-order valence-corrected chi connectivity index (χ0v) is 14.4. The minimum absolute atomic E-state index is 0.566. The molecule has 6 nitrogen and oxygen atoms in total. The molecule has 0 saturated carbocycles. The van der Waals surface area contributed by atoms with E-state index in [0.717, 1.165) is 31.0 Å². The Hall–Kier alpha value is -2.86. The summed E-state index contributed by atoms with van der Waals surface area (Å²) in [6.45, 7) is 2.26. The van der Waals surface area contributed by atoms with Gasteiger partial charge in [0.15, 0.2) is 0 Å². The fraction of sp³-hybridized carbons (Fsp3) is 0.300. The monoisotopic (exact) mass is 351 g/mol. The van der Waals surface area contributed by atoms with Crippen LogP contribution in [0.1, 0.15) is 18.4 Å². The lowest BCUT2D eigenvalue weighted by Gasteiger charge is -2.39. The van der Waals surface area contributed by atoms with Crippen molar-refractivity contribution in [3.05, 3.63) is 66.9 Å². The Morgan fingerprint density at radius 3 is 2.73 bits per heavy atom. The van der Waals surface area contributed by atoms with Gasteiger partial charge in [-0.3, -0.25) is 4.90 Å². The Bertz CT molecular complexity index is 864. The molecule has 1 aliphatic rings. The van der Waals surface area contributed by atoms with Gasteiger partial charge in [0.25, 0.3) is 0 Å². The first-order chi connectivity index (χ1) is 12.7. The average molecular weight is 351 g/mol. The van der Waals surface area contributed by atoms with Crippen LogP contribution in [0, 0.1) is 0 Å². The van der Waals surface area contributed by atoms with E-state index in [2.05, 4.69) is 22.0 Å². The smallest absolute Gasteiger partial charge is 0.330 e. The summed E-state index contributed by atoms with van der Waals surface area (Å²) in [6, 6.07) is 12.1. The van der Waals surface area contributed by atoms with Crippen molar-refractivity contribution in [2.75, 3.05) is 13.1 Å². The van der Waals surface area contributed by atoms with E-state index in [4.69, 9.17) is 4.42 Å². The zero-order chi connectivity index (χ0) is 18.0. The number of hydrogen-bond acceptors (Lipinski definition) is 4. The number of aromatic nitrogens is 2. The summed E-state index contributed by atoms with van der Waals surface area (Å²) in [4.78, 5) is 18.3. The van der Waals surface area contributed by atoms with E-state index in [1.165, 1.54) is 5.56 Å². The summed E-state index contributed by atoms with van der Waals surface area (Å²) in [5.74, 6) is 0.0745. The summed E-state index contributed by atoms with van der Waals surface area (Å²) < 4.78 is 7.21. The van der Waals surface area contributed by atoms with Crippen LogP contribution in [0.3, 0.4) is 0 Å². The molecular formula is C20H21N3O3. The van der Waals surface area contributed by atoms with Gasteiger partial charge >= 0.3 is 5.97 Å². The van der Waals surface area contributed by atoms with E-state index in [-0.39, 0.29) is 0 Å². The topological polar surface area (TPSA) is 71.5 Å². The largest absolute Gasteiger partial charge is 0.479 e. The summed E-state index contributed by atoms with van der Waals surface area (Å²) >= 11 is 0. The van der Waals surface area contributed by atoms with E-state index in [1.54, 1.807) is 29.6 Å². The summed E-state index contributed by atoms with van der Waals surface area (Å²) in [5, 5.41) is 9.80. The second kappa shape index (κ2) is 6.80. The molecule has 1 saturated heterocycles. The Morgan fingerprint density at radius 1 is 1.23 bits per heavy atom. The molecule has 26 heavy (non-hydrogen) atoms. The second-order valence-corrected chi connectivity index (χ2v) is 6.76. The summed E-state index contributed by atoms with van der Waals surface area (Å²) in [7, 11) is 0. The highest BCUT2D eigenvalue weighted by Gasteiger charge is 2.42. The third kappa shape index (κ3) is 3.04. The molecule has 0 radical (unpaired) electrons. The number of hydrogen-bond donors (Lipinski definition) is 1. The highest BCUT2D eigenvalue weighted by atomic mass is 16.4. The molecule has 0 atom stereocenters. The predicted octanol–water partition coefficient (Wildman–Crippen LogP) is 3.22. The van der Waals surface area contributed by atoms with Crippen LogP contribution in [0.15, 0.2) is 65.8 Å². The molecule has 0 spiro atoms. The molecule has 0 bridgehead atoms. The number of imidazole rings is 1. The zero-order valence-electron chi connectivity index (χ0n) is 14.4. The summed E-state index contributed by atoms with van der Waals surface area (Å²) in [6.07, 6.45) is 7.80. The molecule has 4 rings (SSSR count). The minimum Gasteiger partial charge on any atom is -0.479 e. The van der Waals surface area contributed by atoms with Crippen LogP contribution < -0.4 is 0 Å². The fourth-order valence-electron chi connectivity index (χ4n) is 3.70. The predicted molar refractivity (Wildman–Crippen MR) is 96.5 cm³/mol. The van der Waals surface area contributed by atoms with Crippen LogP contribution in [-0.2, 0) is 16.9 Å². The van der Waals surface area contributed by atoms with E-state index >= 15 is 0 Å². The van der Waals surface area contributed by atoms with Crippen LogP contribution in [0.25, 0.3) is 11.3 Å². The van der Waals surface area contributed by atoms with Gasteiger partial charge in [-0.25, -0.2) is 9.78 Å². The van der Waals surface area contributed by atoms with Crippen molar-refractivity contribution in [1.82, 2.24) is 14.5 Å². The molecular weight excluding hydrogens is 330 g/mol. The quantitative estimate of drug-likeness (QED) is 0.764. The molecule has 2 aromatic heterocycles. The van der Waals surface area contributed by atoms with Gasteiger partial charge in [0, 0.05) is 37.6 Å². The first-order valence-corrected chi connectivity index (χ1v) is 8.74. The third-order valence-corrected chi connectivity index (χ3v) is 5.22. The molecule has 1 aliphatic heterocycles. The number of aliphatic carboxylic acids is 1. The number of benzene rings is 1. The highest BCUT2D eigenvalue weighted by Crippen LogP contribution is 2.31. The lowest BCUT2D eigenvalue weighted by atomic mass is 9.87. The van der Waals surface area contributed by atoms with Crippen molar-refractivity contribution < 1.29 is 14.3 Å². The number of furan rings is 1. The van der Waals surface area contributed by atoms with E-state index in [1.807, 2.05) is 24.3 Å². The number of rotatable bonds is 5. The van der Waals surface area contributed by atoms with Gasteiger partial charge in [0.1, 0.15) is 11.3 Å². The number of likely N-dealkylation sites (tertiary alicyclic amines) is 1. The van der Waals surface area contributed by atoms with Crippen LogP contribution in [0.4, 0.5) is 0 Å². The van der Waals surface area contributed by atoms with Crippen molar-refractivity contribution in [3.63, 3.8) is 0 Å². The molecule has 134 valence electrons. The molecule has 1 aromatic carbocycles. The summed E-state index contributed by atoms with van der Waals surface area (Å²) in [5.41, 5.74) is 1.37.